The van der Waals surface area contributed by atoms with Crippen LogP contribution in [0.4, 0.5) is 4.79 Å². The van der Waals surface area contributed by atoms with Gasteiger partial charge in [0.1, 0.15) is 0 Å². The molecule has 3 rings (SSSR count). The Balaban J connectivity index is 1.55. The highest BCUT2D eigenvalue weighted by atomic mass is 16.5. The van der Waals surface area contributed by atoms with E-state index < -0.39 is 0 Å². The highest BCUT2D eigenvalue weighted by Crippen LogP contribution is 2.38. The number of urea groups is 1. The summed E-state index contributed by atoms with van der Waals surface area (Å²) >= 11 is 0. The van der Waals surface area contributed by atoms with E-state index >= 15 is 0 Å². The standard InChI is InChI=1S/C18H29N5O3/c1-3-9-19-18(25)22-10-4-5-15(12-22)23(13(2)24)11-8-16-20-17(26-21-16)14-6-7-14/h14-15H,3-12H2,1-2H3,(H,19,25). The summed E-state index contributed by atoms with van der Waals surface area (Å²) in [5.41, 5.74) is 0. The fourth-order valence-corrected chi connectivity index (χ4v) is 3.42. The molecule has 1 aliphatic heterocycles. The largest absolute Gasteiger partial charge is 0.339 e. The van der Waals surface area contributed by atoms with Gasteiger partial charge in [-0.25, -0.2) is 4.79 Å². The summed E-state index contributed by atoms with van der Waals surface area (Å²) in [6.45, 7) is 6.17. The van der Waals surface area contributed by atoms with Crippen molar-refractivity contribution in [3.8, 4) is 0 Å². The molecule has 8 nitrogen and oxygen atoms in total. The van der Waals surface area contributed by atoms with Gasteiger partial charge in [-0.15, -0.1) is 0 Å². The maximum Gasteiger partial charge on any atom is 0.317 e. The van der Waals surface area contributed by atoms with Crippen LogP contribution in [0.15, 0.2) is 4.52 Å². The highest BCUT2D eigenvalue weighted by Gasteiger charge is 2.31. The monoisotopic (exact) mass is 363 g/mol. The molecule has 2 heterocycles. The van der Waals surface area contributed by atoms with Crippen molar-refractivity contribution in [2.75, 3.05) is 26.2 Å². The second kappa shape index (κ2) is 8.51. The summed E-state index contributed by atoms with van der Waals surface area (Å²) in [7, 11) is 0. The zero-order valence-electron chi connectivity index (χ0n) is 15.7. The van der Waals surface area contributed by atoms with Gasteiger partial charge in [0.15, 0.2) is 5.82 Å². The van der Waals surface area contributed by atoms with E-state index in [4.69, 9.17) is 4.52 Å². The molecule has 0 spiro atoms. The highest BCUT2D eigenvalue weighted by molar-refractivity contribution is 5.75. The first-order valence-electron chi connectivity index (χ1n) is 9.71. The third-order valence-corrected chi connectivity index (χ3v) is 5.04. The topological polar surface area (TPSA) is 91.6 Å². The van der Waals surface area contributed by atoms with Gasteiger partial charge in [0, 0.05) is 51.5 Å². The minimum absolute atomic E-state index is 0.0247. The lowest BCUT2D eigenvalue weighted by molar-refractivity contribution is -0.132. The van der Waals surface area contributed by atoms with E-state index in [0.717, 1.165) is 44.5 Å². The van der Waals surface area contributed by atoms with Crippen molar-refractivity contribution in [2.24, 2.45) is 0 Å². The molecule has 26 heavy (non-hydrogen) atoms. The quantitative estimate of drug-likeness (QED) is 0.799. The third kappa shape index (κ3) is 4.74. The van der Waals surface area contributed by atoms with E-state index in [1.54, 1.807) is 6.92 Å². The Morgan fingerprint density at radius 3 is 2.85 bits per heavy atom. The van der Waals surface area contributed by atoms with Gasteiger partial charge in [-0.1, -0.05) is 12.1 Å². The number of aromatic nitrogens is 2. The smallest absolute Gasteiger partial charge is 0.317 e. The summed E-state index contributed by atoms with van der Waals surface area (Å²) < 4.78 is 5.29. The second-order valence-corrected chi connectivity index (χ2v) is 7.26. The van der Waals surface area contributed by atoms with Crippen LogP contribution in [0.1, 0.15) is 63.6 Å². The molecule has 3 amide bonds. The van der Waals surface area contributed by atoms with E-state index in [1.807, 2.05) is 16.7 Å². The van der Waals surface area contributed by atoms with Gasteiger partial charge in [-0.3, -0.25) is 4.79 Å². The number of nitrogens with one attached hydrogen (secondary N) is 1. The molecule has 144 valence electrons. The van der Waals surface area contributed by atoms with E-state index in [0.29, 0.717) is 37.8 Å². The van der Waals surface area contributed by atoms with Crippen LogP contribution < -0.4 is 5.32 Å². The molecular weight excluding hydrogens is 334 g/mol. The summed E-state index contributed by atoms with van der Waals surface area (Å²) in [5.74, 6) is 1.85. The maximum absolute atomic E-state index is 12.2. The maximum atomic E-state index is 12.2. The average molecular weight is 363 g/mol. The number of hydrogen-bond acceptors (Lipinski definition) is 5. The first-order chi connectivity index (χ1) is 12.6. The molecule has 1 aromatic rings. The number of rotatable bonds is 7. The lowest BCUT2D eigenvalue weighted by atomic mass is 10.0. The van der Waals surface area contributed by atoms with Gasteiger partial charge in [0.2, 0.25) is 11.8 Å². The molecule has 0 radical (unpaired) electrons. The van der Waals surface area contributed by atoms with Crippen molar-refractivity contribution in [3.05, 3.63) is 11.7 Å². The van der Waals surface area contributed by atoms with Crippen LogP contribution in [0.25, 0.3) is 0 Å². The minimum Gasteiger partial charge on any atom is -0.339 e. The minimum atomic E-state index is -0.0349. The van der Waals surface area contributed by atoms with E-state index in [9.17, 15) is 9.59 Å². The van der Waals surface area contributed by atoms with Crippen molar-refractivity contribution in [1.82, 2.24) is 25.3 Å². The van der Waals surface area contributed by atoms with Crippen LogP contribution in [-0.4, -0.2) is 64.1 Å². The molecule has 1 saturated carbocycles. The van der Waals surface area contributed by atoms with Crippen molar-refractivity contribution >= 4 is 11.9 Å². The number of likely N-dealkylation sites (tertiary alicyclic amines) is 1. The van der Waals surface area contributed by atoms with E-state index in [2.05, 4.69) is 15.5 Å². The molecule has 1 atom stereocenters. The van der Waals surface area contributed by atoms with E-state index in [1.165, 1.54) is 0 Å². The lowest BCUT2D eigenvalue weighted by Crippen LogP contribution is -2.53. The molecule has 0 bridgehead atoms. The summed E-state index contributed by atoms with van der Waals surface area (Å²) in [4.78, 5) is 32.5. The number of hydrogen-bond donors (Lipinski definition) is 1. The zero-order chi connectivity index (χ0) is 18.5. The van der Waals surface area contributed by atoms with Gasteiger partial charge in [0.05, 0.1) is 0 Å². The predicted molar refractivity (Wildman–Crippen MR) is 95.6 cm³/mol. The number of carbonyl (C=O) groups is 2. The van der Waals surface area contributed by atoms with Crippen LogP contribution in [0, 0.1) is 0 Å². The lowest BCUT2D eigenvalue weighted by Gasteiger charge is -2.39. The molecule has 2 aliphatic rings. The summed E-state index contributed by atoms with van der Waals surface area (Å²) in [5, 5.41) is 6.95. The summed E-state index contributed by atoms with van der Waals surface area (Å²) in [6.07, 6.45) is 5.56. The molecule has 2 fully saturated rings. The van der Waals surface area contributed by atoms with E-state index in [-0.39, 0.29) is 18.0 Å². The Morgan fingerprint density at radius 2 is 2.15 bits per heavy atom. The number of nitrogens with zero attached hydrogens (tertiary/aromatic N) is 4. The Morgan fingerprint density at radius 1 is 1.35 bits per heavy atom. The third-order valence-electron chi connectivity index (χ3n) is 5.04. The predicted octanol–water partition coefficient (Wildman–Crippen LogP) is 1.92. The second-order valence-electron chi connectivity index (χ2n) is 7.26. The number of carbonyl (C=O) groups excluding carboxylic acids is 2. The first kappa shape index (κ1) is 18.7. The fourth-order valence-electron chi connectivity index (χ4n) is 3.42. The Kier molecular flexibility index (Phi) is 6.11. The molecule has 8 heteroatoms. The van der Waals surface area contributed by atoms with Crippen LogP contribution in [0.3, 0.4) is 0 Å². The molecule has 1 aromatic heterocycles. The Bertz CT molecular complexity index is 628. The van der Waals surface area contributed by atoms with Crippen molar-refractivity contribution in [3.63, 3.8) is 0 Å². The van der Waals surface area contributed by atoms with Crippen LogP contribution in [0.2, 0.25) is 0 Å². The molecule has 0 aromatic carbocycles. The van der Waals surface area contributed by atoms with Crippen molar-refractivity contribution in [1.29, 1.82) is 0 Å². The van der Waals surface area contributed by atoms with Crippen LogP contribution >= 0.6 is 0 Å². The average Bonchev–Trinajstić information content (AvgIpc) is 3.38. The van der Waals surface area contributed by atoms with Crippen molar-refractivity contribution < 1.29 is 14.1 Å². The van der Waals surface area contributed by atoms with Gasteiger partial charge in [-0.2, -0.15) is 4.98 Å². The zero-order valence-corrected chi connectivity index (χ0v) is 15.7. The van der Waals surface area contributed by atoms with Crippen LogP contribution in [0.5, 0.6) is 0 Å². The van der Waals surface area contributed by atoms with Gasteiger partial charge in [0.25, 0.3) is 0 Å². The molecule has 1 N–H and O–H groups in total. The molecule has 1 aliphatic carbocycles. The molecule has 1 unspecified atom stereocenters. The number of amides is 3. The van der Waals surface area contributed by atoms with Gasteiger partial charge < -0.3 is 19.6 Å². The SMILES string of the molecule is CCCNC(=O)N1CCCC(N(CCc2noc(C3CC3)n2)C(C)=O)C1. The summed E-state index contributed by atoms with van der Waals surface area (Å²) in [6, 6.07) is 0.00993. The Labute approximate surface area is 154 Å². The normalized spacial score (nSPS) is 20.1. The Hall–Kier alpha value is -2.12. The fraction of sp³-hybridized carbons (Fsp3) is 0.778. The number of piperidine rings is 1. The van der Waals surface area contributed by atoms with Gasteiger partial charge >= 0.3 is 6.03 Å². The first-order valence-corrected chi connectivity index (χ1v) is 9.71. The molecular formula is C18H29N5O3. The molecule has 1 saturated heterocycles. The van der Waals surface area contributed by atoms with Crippen LogP contribution in [-0.2, 0) is 11.2 Å². The van der Waals surface area contributed by atoms with Gasteiger partial charge in [-0.05, 0) is 32.1 Å². The van der Waals surface area contributed by atoms with Crippen molar-refractivity contribution in [2.45, 2.75) is 64.3 Å².